The number of fused-ring (bicyclic) bond motifs is 3. The Morgan fingerprint density at radius 2 is 1.76 bits per heavy atom. The Bertz CT molecular complexity index is 1370. The Morgan fingerprint density at radius 1 is 1.06 bits per heavy atom. The minimum atomic E-state index is -0.233. The number of rotatable bonds is 7. The number of hydrogen-bond donors (Lipinski definition) is 0. The maximum atomic E-state index is 13.6. The Morgan fingerprint density at radius 3 is 2.45 bits per heavy atom. The Kier molecular flexibility index (Phi) is 6.36. The number of amides is 1. The lowest BCUT2D eigenvalue weighted by molar-refractivity contribution is -0.130. The molecule has 0 atom stereocenters. The largest absolute Gasteiger partial charge is 0.344 e. The van der Waals surface area contributed by atoms with Gasteiger partial charge in [-0.15, -0.1) is 0 Å². The highest BCUT2D eigenvalue weighted by Gasteiger charge is 2.19. The molecule has 0 aliphatic rings. The Balaban J connectivity index is 1.84. The van der Waals surface area contributed by atoms with E-state index in [-0.39, 0.29) is 18.0 Å². The number of hydrogen-bond acceptors (Lipinski definition) is 3. The highest BCUT2D eigenvalue weighted by Crippen LogP contribution is 2.28. The molecular formula is C27H32N4O2. The zero-order chi connectivity index (χ0) is 23.7. The summed E-state index contributed by atoms with van der Waals surface area (Å²) in [4.78, 5) is 28.0. The van der Waals surface area contributed by atoms with E-state index in [1.165, 1.54) is 26.9 Å². The van der Waals surface area contributed by atoms with Gasteiger partial charge in [0.05, 0.1) is 6.20 Å². The van der Waals surface area contributed by atoms with Gasteiger partial charge in [-0.25, -0.2) is 4.68 Å². The van der Waals surface area contributed by atoms with Crippen molar-refractivity contribution in [3.63, 3.8) is 0 Å². The molecule has 2 heterocycles. The number of para-hydroxylation sites is 1. The summed E-state index contributed by atoms with van der Waals surface area (Å²) in [6, 6.07) is 12.4. The fraction of sp³-hybridized carbons (Fsp3) is 0.370. The van der Waals surface area contributed by atoms with Crippen LogP contribution in [0.15, 0.2) is 47.4 Å². The van der Waals surface area contributed by atoms with Gasteiger partial charge in [0.2, 0.25) is 5.91 Å². The molecule has 0 unspecified atom stereocenters. The van der Waals surface area contributed by atoms with Crippen LogP contribution in [0.3, 0.4) is 0 Å². The molecule has 0 aliphatic heterocycles. The van der Waals surface area contributed by atoms with Crippen LogP contribution in [0.25, 0.3) is 21.8 Å². The molecule has 4 aromatic rings. The summed E-state index contributed by atoms with van der Waals surface area (Å²) in [7, 11) is 1.78. The average Bonchev–Trinajstić information content (AvgIpc) is 3.10. The highest BCUT2D eigenvalue weighted by atomic mass is 16.2. The summed E-state index contributed by atoms with van der Waals surface area (Å²) in [5, 5.41) is 6.19. The molecule has 33 heavy (non-hydrogen) atoms. The monoisotopic (exact) mass is 444 g/mol. The predicted octanol–water partition coefficient (Wildman–Crippen LogP) is 4.58. The van der Waals surface area contributed by atoms with Crippen LogP contribution in [0, 0.1) is 20.8 Å². The van der Waals surface area contributed by atoms with E-state index >= 15 is 0 Å². The molecule has 4 rings (SSSR count). The van der Waals surface area contributed by atoms with Crippen molar-refractivity contribution in [2.24, 2.45) is 0 Å². The Hall–Kier alpha value is -3.41. The average molecular weight is 445 g/mol. The third-order valence-corrected chi connectivity index (χ3v) is 6.49. The van der Waals surface area contributed by atoms with Crippen LogP contribution in [0.1, 0.15) is 42.0 Å². The fourth-order valence-electron chi connectivity index (χ4n) is 4.66. The van der Waals surface area contributed by atoms with Crippen LogP contribution >= 0.6 is 0 Å². The van der Waals surface area contributed by atoms with Crippen LogP contribution in [0.4, 0.5) is 0 Å². The zero-order valence-electron chi connectivity index (χ0n) is 20.2. The molecule has 0 bridgehead atoms. The molecule has 2 aromatic carbocycles. The maximum Gasteiger partial charge on any atom is 0.291 e. The minimum absolute atomic E-state index is 0.0564. The van der Waals surface area contributed by atoms with E-state index in [1.54, 1.807) is 18.1 Å². The first kappa shape index (κ1) is 22.8. The topological polar surface area (TPSA) is 60.1 Å². The fourth-order valence-corrected chi connectivity index (χ4v) is 4.66. The lowest BCUT2D eigenvalue weighted by Crippen LogP contribution is -2.35. The van der Waals surface area contributed by atoms with Crippen molar-refractivity contribution in [1.29, 1.82) is 0 Å². The number of benzene rings is 2. The standard InChI is InChI=1S/C27H32N4O2/c1-6-7-12-29(5)25(32)17-31-27(33)26-22(15-28-31)21-10-8-9-11-24(21)30(26)16-23-19(3)13-18(2)14-20(23)4/h8-11,13-15H,6-7,12,16-17H2,1-5H3. The van der Waals surface area contributed by atoms with Crippen LogP contribution in [0.5, 0.6) is 0 Å². The number of likely N-dealkylation sites (N-methyl/N-ethyl adjacent to an activating group) is 1. The SMILES string of the molecule is CCCCN(C)C(=O)Cn1ncc2c3ccccc3n(Cc3c(C)cc(C)cc3C)c2c1=O. The Labute approximate surface area is 194 Å². The van der Waals surface area contributed by atoms with E-state index in [0.29, 0.717) is 18.6 Å². The number of aryl methyl sites for hydroxylation is 3. The molecule has 2 aromatic heterocycles. The van der Waals surface area contributed by atoms with E-state index in [1.807, 2.05) is 24.3 Å². The van der Waals surface area contributed by atoms with E-state index in [2.05, 4.69) is 49.5 Å². The smallest absolute Gasteiger partial charge is 0.291 e. The van der Waals surface area contributed by atoms with Crippen LogP contribution in [0.2, 0.25) is 0 Å². The lowest BCUT2D eigenvalue weighted by atomic mass is 10.00. The second kappa shape index (κ2) is 9.22. The third-order valence-electron chi connectivity index (χ3n) is 6.49. The molecule has 0 saturated carbocycles. The van der Waals surface area contributed by atoms with Gasteiger partial charge in [-0.05, 0) is 49.9 Å². The first-order valence-electron chi connectivity index (χ1n) is 11.6. The van der Waals surface area contributed by atoms with Crippen LogP contribution < -0.4 is 5.56 Å². The van der Waals surface area contributed by atoms with Gasteiger partial charge in [0.25, 0.3) is 5.56 Å². The van der Waals surface area contributed by atoms with E-state index in [0.717, 1.165) is 29.1 Å². The van der Waals surface area contributed by atoms with E-state index in [4.69, 9.17) is 0 Å². The van der Waals surface area contributed by atoms with E-state index < -0.39 is 0 Å². The third kappa shape index (κ3) is 4.30. The molecule has 1 amide bonds. The van der Waals surface area contributed by atoms with Gasteiger partial charge in [0.1, 0.15) is 12.1 Å². The van der Waals surface area contributed by atoms with Crippen LogP contribution in [-0.4, -0.2) is 38.7 Å². The van der Waals surface area contributed by atoms with Crippen molar-refractivity contribution < 1.29 is 4.79 Å². The first-order valence-corrected chi connectivity index (χ1v) is 11.6. The van der Waals surface area contributed by atoms with Gasteiger partial charge in [0.15, 0.2) is 0 Å². The molecule has 0 spiro atoms. The number of aromatic nitrogens is 3. The normalized spacial score (nSPS) is 11.4. The highest BCUT2D eigenvalue weighted by molar-refractivity contribution is 6.07. The number of carbonyl (C=O) groups is 1. The van der Waals surface area contributed by atoms with Gasteiger partial charge in [-0.3, -0.25) is 9.59 Å². The molecule has 0 N–H and O–H groups in total. The van der Waals surface area contributed by atoms with Crippen molar-refractivity contribution in [2.75, 3.05) is 13.6 Å². The first-order chi connectivity index (χ1) is 15.8. The summed E-state index contributed by atoms with van der Waals surface area (Å²) in [5.74, 6) is -0.106. The predicted molar refractivity (Wildman–Crippen MR) is 134 cm³/mol. The van der Waals surface area contributed by atoms with Gasteiger partial charge in [-0.1, -0.05) is 49.2 Å². The van der Waals surface area contributed by atoms with Gasteiger partial charge >= 0.3 is 0 Å². The molecule has 0 aliphatic carbocycles. The zero-order valence-corrected chi connectivity index (χ0v) is 20.2. The molecule has 6 nitrogen and oxygen atoms in total. The van der Waals surface area contributed by atoms with Gasteiger partial charge in [-0.2, -0.15) is 5.10 Å². The summed E-state index contributed by atoms with van der Waals surface area (Å²) >= 11 is 0. The van der Waals surface area contributed by atoms with Crippen molar-refractivity contribution in [3.05, 3.63) is 75.2 Å². The second-order valence-corrected chi connectivity index (χ2v) is 9.02. The molecular weight excluding hydrogens is 412 g/mol. The molecule has 0 fully saturated rings. The quantitative estimate of drug-likeness (QED) is 0.419. The van der Waals surface area contributed by atoms with Crippen molar-refractivity contribution in [3.8, 4) is 0 Å². The summed E-state index contributed by atoms with van der Waals surface area (Å²) in [6.07, 6.45) is 3.68. The molecule has 0 saturated heterocycles. The van der Waals surface area contributed by atoms with Crippen molar-refractivity contribution in [1.82, 2.24) is 19.2 Å². The van der Waals surface area contributed by atoms with Gasteiger partial charge in [0, 0.05) is 36.4 Å². The molecule has 172 valence electrons. The van der Waals surface area contributed by atoms with Crippen molar-refractivity contribution >= 4 is 27.7 Å². The molecule has 0 radical (unpaired) electrons. The summed E-state index contributed by atoms with van der Waals surface area (Å²) < 4.78 is 3.39. The summed E-state index contributed by atoms with van der Waals surface area (Å²) in [6.45, 7) is 9.64. The number of carbonyl (C=O) groups excluding carboxylic acids is 1. The van der Waals surface area contributed by atoms with E-state index in [9.17, 15) is 9.59 Å². The number of unbranched alkanes of at least 4 members (excludes halogenated alkanes) is 1. The lowest BCUT2D eigenvalue weighted by Gasteiger charge is -2.17. The number of nitrogens with zero attached hydrogens (tertiary/aromatic N) is 4. The minimum Gasteiger partial charge on any atom is -0.344 e. The van der Waals surface area contributed by atoms with Gasteiger partial charge < -0.3 is 9.47 Å². The summed E-state index contributed by atoms with van der Waals surface area (Å²) in [5.41, 5.74) is 6.21. The van der Waals surface area contributed by atoms with Crippen molar-refractivity contribution in [2.45, 2.75) is 53.6 Å². The molecule has 6 heteroatoms. The maximum absolute atomic E-state index is 13.6. The van der Waals surface area contributed by atoms with Crippen LogP contribution in [-0.2, 0) is 17.9 Å². The second-order valence-electron chi connectivity index (χ2n) is 9.02.